The zero-order chi connectivity index (χ0) is 13.3. The van der Waals surface area contributed by atoms with Crippen LogP contribution in [0.1, 0.15) is 51.7 Å². The molecule has 18 heavy (non-hydrogen) atoms. The Morgan fingerprint density at radius 3 is 1.89 bits per heavy atom. The highest BCUT2D eigenvalue weighted by Gasteiger charge is 2.24. The van der Waals surface area contributed by atoms with E-state index in [1.165, 1.54) is 11.1 Å². The molecular weight excluding hydrogens is 226 g/mol. The highest BCUT2D eigenvalue weighted by Crippen LogP contribution is 2.28. The van der Waals surface area contributed by atoms with Crippen molar-refractivity contribution in [3.8, 4) is 0 Å². The summed E-state index contributed by atoms with van der Waals surface area (Å²) in [4.78, 5) is 0. The Bertz CT molecular complexity index is 309. The molecule has 0 fully saturated rings. The van der Waals surface area contributed by atoms with Gasteiger partial charge in [-0.25, -0.2) is 0 Å². The Morgan fingerprint density at radius 1 is 1.06 bits per heavy atom. The van der Waals surface area contributed by atoms with Gasteiger partial charge >= 0.3 is 0 Å². The quantitative estimate of drug-likeness (QED) is 0.866. The highest BCUT2D eigenvalue weighted by atomic mass is 16.2. The number of hydrogen-bond donors (Lipinski definition) is 2. The number of aliphatic hydroxyl groups excluding tert-OH is 1. The first kappa shape index (κ1) is 19.4. The molecule has 0 heterocycles. The maximum Gasteiger partial charge on any atom is 0.0407 e. The first-order valence-corrected chi connectivity index (χ1v) is 6.57. The van der Waals surface area contributed by atoms with E-state index < -0.39 is 0 Å². The van der Waals surface area contributed by atoms with Gasteiger partial charge in [0.1, 0.15) is 0 Å². The largest absolute Gasteiger partial charge is 0.412 e. The second-order valence-corrected chi connectivity index (χ2v) is 4.19. The molecule has 106 valence electrons. The van der Waals surface area contributed by atoms with E-state index >= 15 is 0 Å². The Labute approximate surface area is 111 Å². The number of nitrogens with two attached hydrogens (primary N) is 1. The van der Waals surface area contributed by atoms with Crippen molar-refractivity contribution in [2.75, 3.05) is 6.61 Å². The number of rotatable bonds is 4. The Hall–Kier alpha value is -0.900. The van der Waals surface area contributed by atoms with Crippen LogP contribution in [0.2, 0.25) is 0 Å². The lowest BCUT2D eigenvalue weighted by Gasteiger charge is -2.29. The van der Waals surface area contributed by atoms with Crippen LogP contribution >= 0.6 is 0 Å². The van der Waals surface area contributed by atoms with Crippen molar-refractivity contribution < 1.29 is 10.6 Å². The van der Waals surface area contributed by atoms with Gasteiger partial charge in [0.15, 0.2) is 0 Å². The average Bonchev–Trinajstić information content (AvgIpc) is 2.38. The molecule has 1 rings (SSSR count). The summed E-state index contributed by atoms with van der Waals surface area (Å²) in [6.45, 7) is 8.44. The van der Waals surface area contributed by atoms with Crippen LogP contribution in [-0.2, 0) is 12.0 Å². The van der Waals surface area contributed by atoms with E-state index in [0.29, 0.717) is 0 Å². The second-order valence-electron chi connectivity index (χ2n) is 4.19. The van der Waals surface area contributed by atoms with Gasteiger partial charge in [0.2, 0.25) is 0 Å². The normalized spacial score (nSPS) is 10.1. The summed E-state index contributed by atoms with van der Waals surface area (Å²) in [7, 11) is 0. The van der Waals surface area contributed by atoms with Gasteiger partial charge in [-0.2, -0.15) is 0 Å². The predicted octanol–water partition coefficient (Wildman–Crippen LogP) is 2.40. The summed E-state index contributed by atoms with van der Waals surface area (Å²) in [6.07, 6.45) is 3.07. The van der Waals surface area contributed by atoms with Gasteiger partial charge in [0, 0.05) is 12.1 Å². The molecule has 1 aromatic rings. The van der Waals surface area contributed by atoms with Crippen molar-refractivity contribution in [2.45, 2.75) is 52.5 Å². The lowest BCUT2D eigenvalue weighted by atomic mass is 9.82. The van der Waals surface area contributed by atoms with E-state index in [0.717, 1.165) is 19.3 Å². The molecule has 3 heteroatoms. The fourth-order valence-corrected chi connectivity index (χ4v) is 1.95. The van der Waals surface area contributed by atoms with Crippen molar-refractivity contribution in [3.63, 3.8) is 0 Å². The first-order chi connectivity index (χ1) is 8.09. The van der Waals surface area contributed by atoms with E-state index in [-0.39, 0.29) is 17.6 Å². The maximum absolute atomic E-state index is 7.57. The molecule has 0 radical (unpaired) electrons. The van der Waals surface area contributed by atoms with Crippen molar-refractivity contribution >= 4 is 0 Å². The van der Waals surface area contributed by atoms with Crippen LogP contribution in [0, 0.1) is 0 Å². The van der Waals surface area contributed by atoms with Crippen molar-refractivity contribution in [1.82, 2.24) is 0 Å². The third-order valence-electron chi connectivity index (χ3n) is 3.20. The second kappa shape index (κ2) is 10.1. The fraction of sp³-hybridized carbons (Fsp3) is 0.600. The average molecular weight is 255 g/mol. The molecule has 1 aromatic carbocycles. The molecular formula is C15H29NO2. The molecule has 5 N–H and O–H groups in total. The summed E-state index contributed by atoms with van der Waals surface area (Å²) in [5.41, 5.74) is 8.98. The van der Waals surface area contributed by atoms with E-state index in [4.69, 9.17) is 10.8 Å². The summed E-state index contributed by atoms with van der Waals surface area (Å²) in [5, 5.41) is 7.57. The molecule has 0 atom stereocenters. The molecule has 0 bridgehead atoms. The van der Waals surface area contributed by atoms with Crippen LogP contribution in [0.15, 0.2) is 24.3 Å². The Morgan fingerprint density at radius 2 is 1.50 bits per heavy atom. The smallest absolute Gasteiger partial charge is 0.0407 e. The van der Waals surface area contributed by atoms with Gasteiger partial charge in [0.05, 0.1) is 0 Å². The number of benzene rings is 1. The number of hydrogen-bond acceptors (Lipinski definition) is 2. The SMILES string of the molecule is CCO.CCc1ccccc1C(N)(CC)CC.O. The Kier molecular flexibility index (Phi) is 10.9. The number of aliphatic hydroxyl groups is 1. The van der Waals surface area contributed by atoms with Gasteiger partial charge in [-0.15, -0.1) is 0 Å². The van der Waals surface area contributed by atoms with Crippen LogP contribution in [0.5, 0.6) is 0 Å². The molecule has 0 aliphatic heterocycles. The van der Waals surface area contributed by atoms with Gasteiger partial charge in [-0.05, 0) is 37.3 Å². The minimum Gasteiger partial charge on any atom is -0.412 e. The monoisotopic (exact) mass is 255 g/mol. The molecule has 0 amide bonds. The standard InChI is InChI=1S/C13H21N.C2H6O.H2O/c1-4-11-9-7-8-10-12(11)13(14,5-2)6-3;1-2-3;/h7-10H,4-6,14H2,1-3H3;3H,2H2,1H3;1H2. The van der Waals surface area contributed by atoms with Crippen molar-refractivity contribution in [3.05, 3.63) is 35.4 Å². The molecule has 0 saturated heterocycles. The fourth-order valence-electron chi connectivity index (χ4n) is 1.95. The molecule has 0 aliphatic rings. The van der Waals surface area contributed by atoms with Crippen molar-refractivity contribution in [2.24, 2.45) is 5.73 Å². The topological polar surface area (TPSA) is 77.8 Å². The van der Waals surface area contributed by atoms with Crippen LogP contribution < -0.4 is 5.73 Å². The lowest BCUT2D eigenvalue weighted by Crippen LogP contribution is -2.36. The zero-order valence-corrected chi connectivity index (χ0v) is 12.2. The van der Waals surface area contributed by atoms with Gasteiger partial charge in [-0.3, -0.25) is 0 Å². The lowest BCUT2D eigenvalue weighted by molar-refractivity contribution is 0.318. The summed E-state index contributed by atoms with van der Waals surface area (Å²) < 4.78 is 0. The molecule has 0 unspecified atom stereocenters. The minimum atomic E-state index is -0.132. The first-order valence-electron chi connectivity index (χ1n) is 6.57. The maximum atomic E-state index is 7.57. The third kappa shape index (κ3) is 5.17. The molecule has 0 aliphatic carbocycles. The predicted molar refractivity (Wildman–Crippen MR) is 78.6 cm³/mol. The van der Waals surface area contributed by atoms with Gasteiger partial charge in [-0.1, -0.05) is 45.0 Å². The highest BCUT2D eigenvalue weighted by molar-refractivity contribution is 5.33. The van der Waals surface area contributed by atoms with Crippen molar-refractivity contribution in [1.29, 1.82) is 0 Å². The molecule has 0 aromatic heterocycles. The van der Waals surface area contributed by atoms with Gasteiger partial charge in [0.25, 0.3) is 0 Å². The molecule has 3 nitrogen and oxygen atoms in total. The van der Waals surface area contributed by atoms with Crippen LogP contribution in [-0.4, -0.2) is 17.2 Å². The van der Waals surface area contributed by atoms with E-state index in [1.807, 2.05) is 0 Å². The summed E-state index contributed by atoms with van der Waals surface area (Å²) in [6, 6.07) is 8.53. The summed E-state index contributed by atoms with van der Waals surface area (Å²) >= 11 is 0. The molecule has 0 spiro atoms. The third-order valence-corrected chi connectivity index (χ3v) is 3.20. The van der Waals surface area contributed by atoms with Crippen LogP contribution in [0.3, 0.4) is 0 Å². The van der Waals surface area contributed by atoms with Gasteiger partial charge < -0.3 is 16.3 Å². The van der Waals surface area contributed by atoms with E-state index in [1.54, 1.807) is 6.92 Å². The van der Waals surface area contributed by atoms with E-state index in [2.05, 4.69) is 45.0 Å². The van der Waals surface area contributed by atoms with Crippen LogP contribution in [0.25, 0.3) is 0 Å². The summed E-state index contributed by atoms with van der Waals surface area (Å²) in [5.74, 6) is 0. The number of aryl methyl sites for hydroxylation is 1. The minimum absolute atomic E-state index is 0. The Balaban J connectivity index is 0. The molecule has 0 saturated carbocycles. The van der Waals surface area contributed by atoms with E-state index in [9.17, 15) is 0 Å². The zero-order valence-electron chi connectivity index (χ0n) is 12.2. The van der Waals surface area contributed by atoms with Crippen LogP contribution in [0.4, 0.5) is 0 Å².